The fourth-order valence-electron chi connectivity index (χ4n) is 3.32. The van der Waals surface area contributed by atoms with Crippen LogP contribution >= 0.6 is 11.8 Å². The smallest absolute Gasteiger partial charge is 0.251 e. The second-order valence-corrected chi connectivity index (χ2v) is 8.62. The number of amides is 2. The minimum atomic E-state index is -0.750. The van der Waals surface area contributed by atoms with E-state index < -0.39 is 6.04 Å². The van der Waals surface area contributed by atoms with Crippen LogP contribution < -0.4 is 15.4 Å². The third-order valence-electron chi connectivity index (χ3n) is 5.21. The lowest BCUT2D eigenvalue weighted by atomic mass is 10.1. The summed E-state index contributed by atoms with van der Waals surface area (Å²) in [6.45, 7) is 5.99. The molecule has 0 spiro atoms. The summed E-state index contributed by atoms with van der Waals surface area (Å²) in [5.41, 5.74) is 3.27. The maximum absolute atomic E-state index is 12.7. The molecule has 1 aromatic heterocycles. The Labute approximate surface area is 202 Å². The minimum Gasteiger partial charge on any atom is -0.497 e. The third kappa shape index (κ3) is 6.15. The normalized spacial score (nSPS) is 11.7. The Kier molecular flexibility index (Phi) is 8.67. The number of hydrogen-bond acceptors (Lipinski definition) is 7. The number of carbonyl (C=O) groups is 2. The Hall–Kier alpha value is -3.37. The number of benzene rings is 2. The number of methoxy groups -OCH3 is 1. The van der Waals surface area contributed by atoms with E-state index in [1.54, 1.807) is 35.9 Å². The lowest BCUT2D eigenvalue weighted by Crippen LogP contribution is -2.32. The average molecular weight is 484 g/mol. The van der Waals surface area contributed by atoms with E-state index in [1.165, 1.54) is 11.8 Å². The van der Waals surface area contributed by atoms with Gasteiger partial charge < -0.3 is 25.0 Å². The first kappa shape index (κ1) is 25.3. The van der Waals surface area contributed by atoms with Crippen LogP contribution in [0, 0.1) is 13.8 Å². The molecule has 0 aliphatic rings. The molecule has 34 heavy (non-hydrogen) atoms. The van der Waals surface area contributed by atoms with Crippen molar-refractivity contribution in [3.8, 4) is 5.75 Å². The van der Waals surface area contributed by atoms with Crippen molar-refractivity contribution in [2.24, 2.45) is 0 Å². The monoisotopic (exact) mass is 483 g/mol. The molecule has 9 nitrogen and oxygen atoms in total. The van der Waals surface area contributed by atoms with Gasteiger partial charge in [-0.3, -0.25) is 9.59 Å². The molecular weight excluding hydrogens is 454 g/mol. The number of aromatic nitrogens is 3. The standard InChI is InChI=1S/C24H29N5O4S/c1-5-29-22(20(13-30)26-23(32)17-8-10-18(33-4)11-9-17)27-28-24(29)34-14-21(31)25-19-12-15(2)6-7-16(19)3/h6-12,20,30H,5,13-14H2,1-4H3,(H,25,31)(H,26,32). The van der Waals surface area contributed by atoms with Crippen molar-refractivity contribution in [3.63, 3.8) is 0 Å². The van der Waals surface area contributed by atoms with Crippen molar-refractivity contribution in [2.45, 2.75) is 38.5 Å². The molecule has 3 N–H and O–H groups in total. The maximum Gasteiger partial charge on any atom is 0.251 e. The summed E-state index contributed by atoms with van der Waals surface area (Å²) >= 11 is 1.25. The molecule has 180 valence electrons. The fraction of sp³-hybridized carbons (Fsp3) is 0.333. The van der Waals surface area contributed by atoms with E-state index in [-0.39, 0.29) is 24.2 Å². The topological polar surface area (TPSA) is 118 Å². The van der Waals surface area contributed by atoms with Crippen LogP contribution in [0.25, 0.3) is 0 Å². The quantitative estimate of drug-likeness (QED) is 0.379. The van der Waals surface area contributed by atoms with E-state index in [0.717, 1.165) is 16.8 Å². The Morgan fingerprint density at radius 3 is 2.53 bits per heavy atom. The van der Waals surface area contributed by atoms with Crippen LogP contribution in [-0.2, 0) is 11.3 Å². The Balaban J connectivity index is 1.67. The number of aryl methyl sites for hydroxylation is 2. The predicted octanol–water partition coefficient (Wildman–Crippen LogP) is 3.12. The number of nitrogens with zero attached hydrogens (tertiary/aromatic N) is 3. The van der Waals surface area contributed by atoms with Crippen molar-refractivity contribution >= 4 is 29.3 Å². The van der Waals surface area contributed by atoms with Crippen LogP contribution in [0.1, 0.15) is 40.3 Å². The van der Waals surface area contributed by atoms with Gasteiger partial charge in [-0.2, -0.15) is 0 Å². The number of thioether (sulfide) groups is 1. The molecule has 1 heterocycles. The maximum atomic E-state index is 12.7. The molecule has 0 aliphatic heterocycles. The summed E-state index contributed by atoms with van der Waals surface area (Å²) in [7, 11) is 1.55. The summed E-state index contributed by atoms with van der Waals surface area (Å²) in [5.74, 6) is 0.702. The number of ether oxygens (including phenoxy) is 1. The molecule has 0 bridgehead atoms. The summed E-state index contributed by atoms with van der Waals surface area (Å²) in [6.07, 6.45) is 0. The van der Waals surface area contributed by atoms with E-state index in [4.69, 9.17) is 4.74 Å². The van der Waals surface area contributed by atoms with Gasteiger partial charge in [0.25, 0.3) is 5.91 Å². The largest absolute Gasteiger partial charge is 0.497 e. The number of anilines is 1. The highest BCUT2D eigenvalue weighted by molar-refractivity contribution is 7.99. The number of rotatable bonds is 10. The van der Waals surface area contributed by atoms with Crippen molar-refractivity contribution in [1.82, 2.24) is 20.1 Å². The van der Waals surface area contributed by atoms with Crippen LogP contribution in [0.4, 0.5) is 5.69 Å². The molecule has 3 aromatic rings. The number of nitrogens with one attached hydrogen (secondary N) is 2. The van der Waals surface area contributed by atoms with E-state index in [2.05, 4.69) is 20.8 Å². The Morgan fingerprint density at radius 2 is 1.88 bits per heavy atom. The van der Waals surface area contributed by atoms with E-state index in [0.29, 0.717) is 28.8 Å². The molecular formula is C24H29N5O4S. The van der Waals surface area contributed by atoms with Crippen LogP contribution in [0.3, 0.4) is 0 Å². The van der Waals surface area contributed by atoms with Crippen molar-refractivity contribution in [3.05, 3.63) is 65.0 Å². The fourth-order valence-corrected chi connectivity index (χ4v) is 4.13. The first-order valence-electron chi connectivity index (χ1n) is 10.8. The molecule has 1 atom stereocenters. The van der Waals surface area contributed by atoms with Gasteiger partial charge >= 0.3 is 0 Å². The summed E-state index contributed by atoms with van der Waals surface area (Å²) in [4.78, 5) is 25.2. The van der Waals surface area contributed by atoms with Crippen LogP contribution in [0.5, 0.6) is 5.75 Å². The zero-order chi connectivity index (χ0) is 24.7. The van der Waals surface area contributed by atoms with Gasteiger partial charge in [-0.25, -0.2) is 0 Å². The van der Waals surface area contributed by atoms with Gasteiger partial charge in [0.05, 0.1) is 19.5 Å². The highest BCUT2D eigenvalue weighted by atomic mass is 32.2. The molecule has 1 unspecified atom stereocenters. The molecule has 0 radical (unpaired) electrons. The van der Waals surface area contributed by atoms with Gasteiger partial charge in [-0.05, 0) is 62.2 Å². The molecule has 0 saturated carbocycles. The number of aliphatic hydroxyl groups excluding tert-OH is 1. The van der Waals surface area contributed by atoms with E-state index in [1.807, 2.05) is 39.0 Å². The van der Waals surface area contributed by atoms with Crippen LogP contribution in [-0.4, -0.2) is 51.2 Å². The van der Waals surface area contributed by atoms with Gasteiger partial charge in [0, 0.05) is 17.8 Å². The lowest BCUT2D eigenvalue weighted by Gasteiger charge is -2.17. The number of aliphatic hydroxyl groups is 1. The highest BCUT2D eigenvalue weighted by Gasteiger charge is 2.23. The molecule has 3 rings (SSSR count). The summed E-state index contributed by atoms with van der Waals surface area (Å²) < 4.78 is 6.90. The zero-order valence-electron chi connectivity index (χ0n) is 19.7. The second kappa shape index (κ2) is 11.7. The Morgan fingerprint density at radius 1 is 1.15 bits per heavy atom. The van der Waals surface area contributed by atoms with Crippen molar-refractivity contribution in [2.75, 3.05) is 24.8 Å². The van der Waals surface area contributed by atoms with Gasteiger partial charge in [-0.15, -0.1) is 10.2 Å². The molecule has 2 aromatic carbocycles. The van der Waals surface area contributed by atoms with Gasteiger partial charge in [0.15, 0.2) is 11.0 Å². The van der Waals surface area contributed by atoms with Crippen molar-refractivity contribution in [1.29, 1.82) is 0 Å². The molecule has 2 amide bonds. The lowest BCUT2D eigenvalue weighted by molar-refractivity contribution is -0.113. The first-order valence-corrected chi connectivity index (χ1v) is 11.8. The van der Waals surface area contributed by atoms with E-state index in [9.17, 15) is 14.7 Å². The molecule has 10 heteroatoms. The molecule has 0 saturated heterocycles. The predicted molar refractivity (Wildman–Crippen MR) is 131 cm³/mol. The average Bonchev–Trinajstić information content (AvgIpc) is 3.26. The van der Waals surface area contributed by atoms with Crippen molar-refractivity contribution < 1.29 is 19.4 Å². The molecule has 0 fully saturated rings. The van der Waals surface area contributed by atoms with Gasteiger partial charge in [0.1, 0.15) is 11.8 Å². The Bertz CT molecular complexity index is 1150. The highest BCUT2D eigenvalue weighted by Crippen LogP contribution is 2.22. The van der Waals surface area contributed by atoms with Crippen LogP contribution in [0.15, 0.2) is 47.6 Å². The first-order chi connectivity index (χ1) is 16.4. The summed E-state index contributed by atoms with van der Waals surface area (Å²) in [5, 5.41) is 24.6. The van der Waals surface area contributed by atoms with Crippen LogP contribution in [0.2, 0.25) is 0 Å². The molecule has 0 aliphatic carbocycles. The minimum absolute atomic E-state index is 0.146. The van der Waals surface area contributed by atoms with E-state index >= 15 is 0 Å². The number of carbonyl (C=O) groups excluding carboxylic acids is 2. The van der Waals surface area contributed by atoms with Gasteiger partial charge in [0.2, 0.25) is 5.91 Å². The summed E-state index contributed by atoms with van der Waals surface area (Å²) in [6, 6.07) is 11.8. The second-order valence-electron chi connectivity index (χ2n) is 7.68. The third-order valence-corrected chi connectivity index (χ3v) is 6.18. The SMILES string of the molecule is CCn1c(SCC(=O)Nc2cc(C)ccc2C)nnc1C(CO)NC(=O)c1ccc(OC)cc1. The number of hydrogen-bond donors (Lipinski definition) is 3. The zero-order valence-corrected chi connectivity index (χ0v) is 20.5. The van der Waals surface area contributed by atoms with Gasteiger partial charge in [-0.1, -0.05) is 23.9 Å².